The molecule has 0 fully saturated rings. The van der Waals surface area contributed by atoms with Gasteiger partial charge in [0.25, 0.3) is 0 Å². The van der Waals surface area contributed by atoms with Crippen LogP contribution in [-0.4, -0.2) is 22.0 Å². The normalized spacial score (nSPS) is 17.0. The Labute approximate surface area is 65.0 Å². The van der Waals surface area contributed by atoms with Gasteiger partial charge in [-0.3, -0.25) is 0 Å². The van der Waals surface area contributed by atoms with Crippen LogP contribution in [-0.2, 0) is 0 Å². The van der Waals surface area contributed by atoms with Gasteiger partial charge < -0.3 is 10.0 Å². The molecule has 0 atom stereocenters. The first-order valence-electron chi connectivity index (χ1n) is 2.97. The Kier molecular flexibility index (Phi) is 2.37. The van der Waals surface area contributed by atoms with Crippen LogP contribution in [0.15, 0.2) is 23.7 Å². The van der Waals surface area contributed by atoms with Crippen molar-refractivity contribution in [1.82, 2.24) is 0 Å². The van der Waals surface area contributed by atoms with Crippen LogP contribution in [0, 0.1) is 0 Å². The van der Waals surface area contributed by atoms with E-state index in [1.54, 1.807) is 12.2 Å². The lowest BCUT2D eigenvalue weighted by Gasteiger charge is -2.04. The highest BCUT2D eigenvalue weighted by atomic mass is 32.1. The van der Waals surface area contributed by atoms with Crippen LogP contribution in [0.3, 0.4) is 0 Å². The minimum absolute atomic E-state index is 0.469. The predicted octanol–water partition coefficient (Wildman–Crippen LogP) is 0.255. The van der Waals surface area contributed by atoms with Crippen molar-refractivity contribution in [1.29, 1.82) is 0 Å². The van der Waals surface area contributed by atoms with Crippen molar-refractivity contribution in [3.05, 3.63) is 23.7 Å². The molecule has 10 heavy (non-hydrogen) atoms. The van der Waals surface area contributed by atoms with E-state index in [4.69, 9.17) is 22.3 Å². The smallest absolute Gasteiger partial charge is 0.423 e. The molecular formula is C6H7BO2S. The predicted molar refractivity (Wildman–Crippen MR) is 44.6 cm³/mol. The fraction of sp³-hybridized carbons (Fsp3) is 0.167. The minimum atomic E-state index is -1.39. The molecule has 1 aliphatic rings. The first kappa shape index (κ1) is 7.66. The van der Waals surface area contributed by atoms with Crippen molar-refractivity contribution >= 4 is 24.2 Å². The zero-order valence-corrected chi connectivity index (χ0v) is 6.14. The Hall–Kier alpha value is -0.445. The molecule has 0 saturated heterocycles. The summed E-state index contributed by atoms with van der Waals surface area (Å²) in [7, 11) is -1.39. The van der Waals surface area contributed by atoms with E-state index in [0.29, 0.717) is 5.47 Å². The summed E-state index contributed by atoms with van der Waals surface area (Å²) in [5.74, 6) is 0. The van der Waals surface area contributed by atoms with E-state index in [9.17, 15) is 0 Å². The van der Waals surface area contributed by atoms with Crippen molar-refractivity contribution in [2.75, 3.05) is 0 Å². The molecular weight excluding hydrogens is 147 g/mol. The lowest BCUT2D eigenvalue weighted by molar-refractivity contribution is 0.420. The van der Waals surface area contributed by atoms with Gasteiger partial charge in [-0.15, -0.1) is 0 Å². The van der Waals surface area contributed by atoms with Gasteiger partial charge in [-0.2, -0.15) is 0 Å². The first-order valence-corrected chi connectivity index (χ1v) is 3.38. The summed E-state index contributed by atoms with van der Waals surface area (Å²) in [5, 5.41) is 17.3. The van der Waals surface area contributed by atoms with E-state index in [1.807, 2.05) is 6.08 Å². The Morgan fingerprint density at radius 2 is 2.20 bits per heavy atom. The molecule has 0 saturated carbocycles. The van der Waals surface area contributed by atoms with Crippen LogP contribution in [0.1, 0.15) is 6.42 Å². The van der Waals surface area contributed by atoms with Gasteiger partial charge >= 0.3 is 7.12 Å². The molecule has 1 aliphatic carbocycles. The number of thiocarbonyl (C=S) groups is 1. The lowest BCUT2D eigenvalue weighted by Crippen LogP contribution is -2.16. The van der Waals surface area contributed by atoms with Gasteiger partial charge in [0.05, 0.1) is 0 Å². The number of hydrogen-bond acceptors (Lipinski definition) is 3. The van der Waals surface area contributed by atoms with E-state index in [-0.39, 0.29) is 0 Å². The van der Waals surface area contributed by atoms with Gasteiger partial charge in [0.1, 0.15) is 0 Å². The fourth-order valence-corrected chi connectivity index (χ4v) is 0.997. The van der Waals surface area contributed by atoms with Gasteiger partial charge in [-0.25, -0.2) is 0 Å². The third-order valence-corrected chi connectivity index (χ3v) is 1.54. The van der Waals surface area contributed by atoms with E-state index < -0.39 is 7.12 Å². The summed E-state index contributed by atoms with van der Waals surface area (Å²) in [6.45, 7) is 0. The summed E-state index contributed by atoms with van der Waals surface area (Å²) in [6.07, 6.45) is 5.82. The van der Waals surface area contributed by atoms with Crippen LogP contribution < -0.4 is 0 Å². The Bertz CT molecular complexity index is 208. The molecule has 1 rings (SSSR count). The molecule has 0 heterocycles. The molecule has 0 aromatic rings. The highest BCUT2D eigenvalue weighted by Crippen LogP contribution is 2.08. The van der Waals surface area contributed by atoms with Crippen LogP contribution in [0.4, 0.5) is 0 Å². The molecule has 52 valence electrons. The molecule has 0 unspecified atom stereocenters. The van der Waals surface area contributed by atoms with E-state index in [2.05, 4.69) is 0 Å². The molecule has 0 aromatic heterocycles. The van der Waals surface area contributed by atoms with E-state index >= 15 is 0 Å². The van der Waals surface area contributed by atoms with Gasteiger partial charge in [-0.1, -0.05) is 24.4 Å². The number of rotatable bonds is 1. The topological polar surface area (TPSA) is 40.5 Å². The van der Waals surface area contributed by atoms with E-state index in [1.165, 1.54) is 0 Å². The summed E-state index contributed by atoms with van der Waals surface area (Å²) in [4.78, 5) is 0.741. The molecule has 2 nitrogen and oxygen atoms in total. The van der Waals surface area contributed by atoms with Gasteiger partial charge in [0.15, 0.2) is 0 Å². The van der Waals surface area contributed by atoms with Crippen LogP contribution in [0.5, 0.6) is 0 Å². The number of hydrogen-bond donors (Lipinski definition) is 2. The molecule has 0 spiro atoms. The minimum Gasteiger partial charge on any atom is -0.423 e. The Morgan fingerprint density at radius 3 is 2.60 bits per heavy atom. The molecule has 0 radical (unpaired) electrons. The maximum atomic E-state index is 8.67. The highest BCUT2D eigenvalue weighted by molar-refractivity contribution is 7.80. The summed E-state index contributed by atoms with van der Waals surface area (Å²) < 4.78 is 0. The average Bonchev–Trinajstić information content (AvgIpc) is 1.88. The second-order valence-corrected chi connectivity index (χ2v) is 2.62. The standard InChI is InChI=1S/C6H7BO2S/c8-7(9)5-2-1-3-6(10)4-5/h1-2,4,8-9H,3H2. The van der Waals surface area contributed by atoms with Crippen molar-refractivity contribution in [3.8, 4) is 0 Å². The summed E-state index contributed by atoms with van der Waals surface area (Å²) in [6, 6.07) is 0. The van der Waals surface area contributed by atoms with Crippen LogP contribution in [0.2, 0.25) is 0 Å². The maximum Gasteiger partial charge on any atom is 0.488 e. The summed E-state index contributed by atoms with van der Waals surface area (Å²) in [5.41, 5.74) is 0.469. The van der Waals surface area contributed by atoms with Gasteiger partial charge in [-0.05, 0) is 11.5 Å². The van der Waals surface area contributed by atoms with Crippen LogP contribution >= 0.6 is 12.2 Å². The molecule has 0 aromatic carbocycles. The van der Waals surface area contributed by atoms with Gasteiger partial charge in [0.2, 0.25) is 0 Å². The largest absolute Gasteiger partial charge is 0.488 e. The highest BCUT2D eigenvalue weighted by Gasteiger charge is 2.13. The van der Waals surface area contributed by atoms with E-state index in [0.717, 1.165) is 11.3 Å². The first-order chi connectivity index (χ1) is 4.70. The molecule has 4 heteroatoms. The fourth-order valence-electron chi connectivity index (χ4n) is 0.765. The average molecular weight is 154 g/mol. The van der Waals surface area contributed by atoms with Gasteiger partial charge in [0, 0.05) is 11.3 Å². The second-order valence-electron chi connectivity index (χ2n) is 2.09. The monoisotopic (exact) mass is 154 g/mol. The van der Waals surface area contributed by atoms with Crippen molar-refractivity contribution < 1.29 is 10.0 Å². The van der Waals surface area contributed by atoms with Crippen molar-refractivity contribution in [3.63, 3.8) is 0 Å². The zero-order valence-electron chi connectivity index (χ0n) is 5.32. The maximum absolute atomic E-state index is 8.67. The van der Waals surface area contributed by atoms with Crippen LogP contribution in [0.25, 0.3) is 0 Å². The lowest BCUT2D eigenvalue weighted by atomic mass is 9.77. The molecule has 0 amide bonds. The second kappa shape index (κ2) is 3.10. The Balaban J connectivity index is 2.76. The zero-order chi connectivity index (χ0) is 7.56. The third kappa shape index (κ3) is 1.77. The third-order valence-electron chi connectivity index (χ3n) is 1.26. The molecule has 0 aliphatic heterocycles. The molecule has 0 bridgehead atoms. The quantitative estimate of drug-likeness (QED) is 0.420. The molecule has 2 N–H and O–H groups in total. The van der Waals surface area contributed by atoms with Crippen molar-refractivity contribution in [2.45, 2.75) is 6.42 Å². The summed E-state index contributed by atoms with van der Waals surface area (Å²) >= 11 is 4.85. The SMILES string of the molecule is OB(O)C1=CC(=S)CC=C1. The Morgan fingerprint density at radius 1 is 1.50 bits per heavy atom. The van der Waals surface area contributed by atoms with Crippen molar-refractivity contribution in [2.24, 2.45) is 0 Å². The number of allylic oxidation sites excluding steroid dienone is 4.